The molecule has 0 spiro atoms. The Hall–Kier alpha value is -1.20. The largest absolute Gasteiger partial charge is 0.338 e. The Morgan fingerprint density at radius 3 is 2.40 bits per heavy atom. The topological polar surface area (TPSA) is 32.3 Å². The third kappa shape index (κ3) is 3.46. The van der Waals surface area contributed by atoms with Gasteiger partial charge in [0, 0.05) is 25.2 Å². The van der Waals surface area contributed by atoms with E-state index in [-0.39, 0.29) is 29.4 Å². The standard InChI is InChI=1S/C14H18F2N2O.ClH/c1-9-7-11(13(16)8-12(9)15)14(19)18-5-3-10(17-2)4-6-18;/h7-8,10,17H,3-6H2,1-2H3;1H. The number of halogens is 3. The van der Waals surface area contributed by atoms with Crippen molar-refractivity contribution in [2.75, 3.05) is 20.1 Å². The van der Waals surface area contributed by atoms with Crippen molar-refractivity contribution in [2.24, 2.45) is 0 Å². The van der Waals surface area contributed by atoms with E-state index in [2.05, 4.69) is 5.32 Å². The van der Waals surface area contributed by atoms with Crippen LogP contribution in [0.5, 0.6) is 0 Å². The van der Waals surface area contributed by atoms with Crippen molar-refractivity contribution < 1.29 is 13.6 Å². The number of nitrogens with one attached hydrogen (secondary N) is 1. The molecular formula is C14H19ClF2N2O. The molecule has 1 N–H and O–H groups in total. The van der Waals surface area contributed by atoms with Crippen molar-refractivity contribution in [1.82, 2.24) is 10.2 Å². The number of amides is 1. The molecule has 0 bridgehead atoms. The molecule has 0 unspecified atom stereocenters. The van der Waals surface area contributed by atoms with E-state index in [1.165, 1.54) is 13.0 Å². The van der Waals surface area contributed by atoms with Gasteiger partial charge < -0.3 is 10.2 Å². The van der Waals surface area contributed by atoms with Crippen LogP contribution in [0, 0.1) is 18.6 Å². The number of rotatable bonds is 2. The first-order chi connectivity index (χ1) is 9.02. The van der Waals surface area contributed by atoms with E-state index in [1.54, 1.807) is 4.90 Å². The van der Waals surface area contributed by atoms with Crippen molar-refractivity contribution in [3.05, 3.63) is 34.9 Å². The SMILES string of the molecule is CNC1CCN(C(=O)c2cc(C)c(F)cc2F)CC1.Cl. The van der Waals surface area contributed by atoms with E-state index in [0.29, 0.717) is 19.1 Å². The van der Waals surface area contributed by atoms with E-state index in [1.807, 2.05) is 7.05 Å². The zero-order chi connectivity index (χ0) is 14.0. The monoisotopic (exact) mass is 304 g/mol. The van der Waals surface area contributed by atoms with Crippen LogP contribution in [0.1, 0.15) is 28.8 Å². The van der Waals surface area contributed by atoms with Crippen LogP contribution in [-0.4, -0.2) is 37.0 Å². The average Bonchev–Trinajstić information content (AvgIpc) is 2.42. The molecule has 1 aromatic carbocycles. The fourth-order valence-electron chi connectivity index (χ4n) is 2.36. The van der Waals surface area contributed by atoms with E-state index < -0.39 is 11.6 Å². The van der Waals surface area contributed by atoms with Crippen LogP contribution in [0.25, 0.3) is 0 Å². The van der Waals surface area contributed by atoms with Gasteiger partial charge in [-0.15, -0.1) is 12.4 Å². The van der Waals surface area contributed by atoms with E-state index in [4.69, 9.17) is 0 Å². The van der Waals surface area contributed by atoms with Gasteiger partial charge >= 0.3 is 0 Å². The molecule has 3 nitrogen and oxygen atoms in total. The summed E-state index contributed by atoms with van der Waals surface area (Å²) in [4.78, 5) is 13.9. The lowest BCUT2D eigenvalue weighted by molar-refractivity contribution is 0.0702. The lowest BCUT2D eigenvalue weighted by Crippen LogP contribution is -2.44. The first-order valence-corrected chi connectivity index (χ1v) is 6.45. The van der Waals surface area contributed by atoms with Crippen LogP contribution in [0.3, 0.4) is 0 Å². The second kappa shape index (κ2) is 6.99. The average molecular weight is 305 g/mol. The molecule has 1 fully saturated rings. The molecule has 0 saturated carbocycles. The lowest BCUT2D eigenvalue weighted by Gasteiger charge is -2.32. The fourth-order valence-corrected chi connectivity index (χ4v) is 2.36. The molecule has 0 atom stereocenters. The molecule has 1 aromatic rings. The van der Waals surface area contributed by atoms with Gasteiger partial charge in [0.25, 0.3) is 5.91 Å². The summed E-state index contributed by atoms with van der Waals surface area (Å²) in [5.74, 6) is -1.76. The maximum Gasteiger partial charge on any atom is 0.256 e. The summed E-state index contributed by atoms with van der Waals surface area (Å²) in [6.45, 7) is 2.72. The van der Waals surface area contributed by atoms with Crippen molar-refractivity contribution in [2.45, 2.75) is 25.8 Å². The first kappa shape index (κ1) is 16.9. The smallest absolute Gasteiger partial charge is 0.256 e. The van der Waals surface area contributed by atoms with Crippen LogP contribution >= 0.6 is 12.4 Å². The van der Waals surface area contributed by atoms with Crippen LogP contribution in [0.4, 0.5) is 8.78 Å². The molecule has 1 saturated heterocycles. The van der Waals surface area contributed by atoms with Crippen molar-refractivity contribution in [3.63, 3.8) is 0 Å². The summed E-state index contributed by atoms with van der Waals surface area (Å²) in [5.41, 5.74) is 0.247. The van der Waals surface area contributed by atoms with E-state index in [0.717, 1.165) is 18.9 Å². The quantitative estimate of drug-likeness (QED) is 0.910. The number of benzene rings is 1. The molecule has 1 aliphatic heterocycles. The molecule has 0 radical (unpaired) electrons. The van der Waals surface area contributed by atoms with Gasteiger partial charge in [-0.3, -0.25) is 4.79 Å². The summed E-state index contributed by atoms with van der Waals surface area (Å²) in [7, 11) is 1.89. The van der Waals surface area contributed by atoms with Gasteiger partial charge in [-0.05, 0) is 38.4 Å². The van der Waals surface area contributed by atoms with Crippen LogP contribution in [0.2, 0.25) is 0 Å². The Bertz CT molecular complexity index is 488. The molecule has 6 heteroatoms. The molecule has 1 aliphatic rings. The van der Waals surface area contributed by atoms with Gasteiger partial charge in [-0.2, -0.15) is 0 Å². The highest BCUT2D eigenvalue weighted by molar-refractivity contribution is 5.94. The van der Waals surface area contributed by atoms with Crippen molar-refractivity contribution in [1.29, 1.82) is 0 Å². The number of hydrogen-bond acceptors (Lipinski definition) is 2. The molecule has 112 valence electrons. The Morgan fingerprint density at radius 1 is 1.25 bits per heavy atom. The minimum absolute atomic E-state index is 0. The van der Waals surface area contributed by atoms with Gasteiger partial charge in [-0.1, -0.05) is 0 Å². The number of carbonyl (C=O) groups excluding carboxylic acids is 1. The number of hydrogen-bond donors (Lipinski definition) is 1. The highest BCUT2D eigenvalue weighted by Crippen LogP contribution is 2.19. The summed E-state index contributed by atoms with van der Waals surface area (Å²) < 4.78 is 26.9. The zero-order valence-corrected chi connectivity index (χ0v) is 12.4. The van der Waals surface area contributed by atoms with E-state index in [9.17, 15) is 13.6 Å². The molecular weight excluding hydrogens is 286 g/mol. The van der Waals surface area contributed by atoms with Gasteiger partial charge in [-0.25, -0.2) is 8.78 Å². The number of piperidine rings is 1. The molecule has 1 amide bonds. The van der Waals surface area contributed by atoms with Gasteiger partial charge in [0.05, 0.1) is 5.56 Å². The third-order valence-corrected chi connectivity index (χ3v) is 3.67. The van der Waals surface area contributed by atoms with Gasteiger partial charge in [0.2, 0.25) is 0 Å². The molecule has 1 heterocycles. The molecule has 2 rings (SSSR count). The number of nitrogens with zero attached hydrogens (tertiary/aromatic N) is 1. The predicted molar refractivity (Wildman–Crippen MR) is 76.3 cm³/mol. The summed E-state index contributed by atoms with van der Waals surface area (Å²) in [6.07, 6.45) is 1.70. The summed E-state index contributed by atoms with van der Waals surface area (Å²) in [6, 6.07) is 2.48. The van der Waals surface area contributed by atoms with Gasteiger partial charge in [0.1, 0.15) is 11.6 Å². The Morgan fingerprint density at radius 2 is 1.85 bits per heavy atom. The molecule has 0 aromatic heterocycles. The zero-order valence-electron chi connectivity index (χ0n) is 11.6. The van der Waals surface area contributed by atoms with Gasteiger partial charge in [0.15, 0.2) is 0 Å². The third-order valence-electron chi connectivity index (χ3n) is 3.67. The highest BCUT2D eigenvalue weighted by atomic mass is 35.5. The first-order valence-electron chi connectivity index (χ1n) is 6.45. The summed E-state index contributed by atoms with van der Waals surface area (Å²) >= 11 is 0. The minimum Gasteiger partial charge on any atom is -0.338 e. The Kier molecular flexibility index (Phi) is 5.89. The predicted octanol–water partition coefficient (Wildman–Crippen LogP) is 2.52. The number of aryl methyl sites for hydroxylation is 1. The van der Waals surface area contributed by atoms with Crippen LogP contribution in [-0.2, 0) is 0 Å². The molecule has 0 aliphatic carbocycles. The van der Waals surface area contributed by atoms with Crippen LogP contribution in [0.15, 0.2) is 12.1 Å². The number of carbonyl (C=O) groups is 1. The summed E-state index contributed by atoms with van der Waals surface area (Å²) in [5, 5.41) is 3.17. The second-order valence-corrected chi connectivity index (χ2v) is 4.94. The maximum absolute atomic E-state index is 13.7. The molecule has 20 heavy (non-hydrogen) atoms. The lowest BCUT2D eigenvalue weighted by atomic mass is 10.0. The Labute approximate surface area is 123 Å². The highest BCUT2D eigenvalue weighted by Gasteiger charge is 2.25. The normalized spacial score (nSPS) is 15.9. The fraction of sp³-hybridized carbons (Fsp3) is 0.500. The minimum atomic E-state index is -0.788. The van der Waals surface area contributed by atoms with Crippen LogP contribution < -0.4 is 5.32 Å². The van der Waals surface area contributed by atoms with Crippen molar-refractivity contribution >= 4 is 18.3 Å². The second-order valence-electron chi connectivity index (χ2n) is 4.94. The van der Waals surface area contributed by atoms with Crippen molar-refractivity contribution in [3.8, 4) is 0 Å². The Balaban J connectivity index is 0.00000200. The maximum atomic E-state index is 13.7. The van der Waals surface area contributed by atoms with E-state index >= 15 is 0 Å². The number of likely N-dealkylation sites (tertiary alicyclic amines) is 1.